The fraction of sp³-hybridized carbons (Fsp3) is 1.00. The summed E-state index contributed by atoms with van der Waals surface area (Å²) >= 11 is 0. The average molecular weight is 266 g/mol. The van der Waals surface area contributed by atoms with Crippen LogP contribution < -0.4 is 0 Å². The predicted molar refractivity (Wildman–Crippen MR) is 64.8 cm³/mol. The van der Waals surface area contributed by atoms with E-state index >= 15 is 0 Å². The second-order valence-corrected chi connectivity index (χ2v) is 8.26. The van der Waals surface area contributed by atoms with Crippen molar-refractivity contribution >= 4 is 18.8 Å². The van der Waals surface area contributed by atoms with Crippen LogP contribution in [-0.2, 0) is 22.1 Å². The molecule has 0 aromatic carbocycles. The summed E-state index contributed by atoms with van der Waals surface area (Å²) in [4.78, 5) is 0. The number of rotatable bonds is 10. The molecule has 1 aliphatic rings. The Labute approximate surface area is 101 Å². The summed E-state index contributed by atoms with van der Waals surface area (Å²) in [5.74, 6) is 0. The molecule has 1 atom stereocenters. The first-order chi connectivity index (χ1) is 7.76. The Morgan fingerprint density at radius 1 is 1.19 bits per heavy atom. The zero-order valence-electron chi connectivity index (χ0n) is 10.4. The number of hydrogen-bond acceptors (Lipinski definition) is 5. The predicted octanol–water partition coefficient (Wildman–Crippen LogP) is 0.449. The van der Waals surface area contributed by atoms with Crippen LogP contribution in [-0.4, -0.2) is 52.9 Å². The molecule has 0 aromatic heterocycles. The molecule has 16 heavy (non-hydrogen) atoms. The number of epoxide rings is 1. The van der Waals surface area contributed by atoms with E-state index in [0.717, 1.165) is 12.7 Å². The maximum atomic E-state index is 5.68. The molecule has 1 heterocycles. The molecule has 0 spiro atoms. The van der Waals surface area contributed by atoms with Gasteiger partial charge in [0.1, 0.15) is 0 Å². The number of ether oxygens (including phenoxy) is 1. The minimum atomic E-state index is -2.75. The Balaban J connectivity index is 1.98. The second kappa shape index (κ2) is 7.54. The molecular formula is C9H22O5Si2. The van der Waals surface area contributed by atoms with Gasteiger partial charge in [0, 0.05) is 21.3 Å². The third-order valence-electron chi connectivity index (χ3n) is 2.60. The molecule has 0 amide bonds. The van der Waals surface area contributed by atoms with Crippen molar-refractivity contribution < 1.29 is 22.1 Å². The Bertz CT molecular complexity index is 176. The highest BCUT2D eigenvalue weighted by molar-refractivity contribution is 6.60. The van der Waals surface area contributed by atoms with Gasteiger partial charge in [-0.05, 0) is 12.5 Å². The Morgan fingerprint density at radius 2 is 1.81 bits per heavy atom. The number of hydrogen-bond donors (Lipinski definition) is 0. The normalized spacial score (nSPS) is 20.8. The highest BCUT2D eigenvalue weighted by Gasteiger charge is 2.41. The van der Waals surface area contributed by atoms with Crippen molar-refractivity contribution in [2.24, 2.45) is 0 Å². The lowest BCUT2D eigenvalue weighted by atomic mass is 10.2. The third kappa shape index (κ3) is 5.04. The smallest absolute Gasteiger partial charge is 0.400 e. The minimum Gasteiger partial charge on any atom is -0.400 e. The highest BCUT2D eigenvalue weighted by atomic mass is 28.4. The van der Waals surface area contributed by atoms with E-state index < -0.39 is 18.8 Å². The summed E-state index contributed by atoms with van der Waals surface area (Å²) in [5, 5.41) is 0. The van der Waals surface area contributed by atoms with Crippen LogP contribution in [0.4, 0.5) is 0 Å². The second-order valence-electron chi connectivity index (χ2n) is 3.77. The maximum Gasteiger partial charge on any atom is 0.667 e. The highest BCUT2D eigenvalue weighted by Crippen LogP contribution is 2.17. The molecule has 1 saturated heterocycles. The lowest BCUT2D eigenvalue weighted by molar-refractivity contribution is 0.0523. The molecule has 96 valence electrons. The molecule has 0 saturated carbocycles. The summed E-state index contributed by atoms with van der Waals surface area (Å²) in [6.45, 7) is 0.959. The quantitative estimate of drug-likeness (QED) is 0.326. The van der Waals surface area contributed by atoms with Gasteiger partial charge in [-0.1, -0.05) is 12.8 Å². The summed E-state index contributed by atoms with van der Waals surface area (Å²) in [6.07, 6.45) is 4.17. The van der Waals surface area contributed by atoms with Crippen LogP contribution >= 0.6 is 0 Å². The zero-order valence-corrected chi connectivity index (χ0v) is 12.8. The van der Waals surface area contributed by atoms with Crippen LogP contribution in [0, 0.1) is 0 Å². The van der Waals surface area contributed by atoms with Gasteiger partial charge in [-0.25, -0.2) is 0 Å². The summed E-state index contributed by atoms with van der Waals surface area (Å²) in [6, 6.07) is 1.14. The van der Waals surface area contributed by atoms with E-state index in [1.54, 1.807) is 21.3 Å². The number of unbranched alkanes of at least 4 members (excludes halogenated alkanes) is 1. The first-order valence-corrected chi connectivity index (χ1v) is 8.88. The van der Waals surface area contributed by atoms with Crippen molar-refractivity contribution in [1.82, 2.24) is 0 Å². The van der Waals surface area contributed by atoms with E-state index in [0.29, 0.717) is 6.10 Å². The molecule has 0 bridgehead atoms. The molecule has 0 aromatic rings. The van der Waals surface area contributed by atoms with Crippen LogP contribution in [0.3, 0.4) is 0 Å². The van der Waals surface area contributed by atoms with Crippen LogP contribution in [0.25, 0.3) is 0 Å². The first-order valence-electron chi connectivity index (χ1n) is 5.67. The summed E-state index contributed by atoms with van der Waals surface area (Å²) in [7, 11) is 1.35. The first kappa shape index (κ1) is 14.3. The van der Waals surface area contributed by atoms with Gasteiger partial charge in [0.15, 0.2) is 9.76 Å². The molecule has 5 nitrogen and oxygen atoms in total. The van der Waals surface area contributed by atoms with Crippen LogP contribution in [0.5, 0.6) is 0 Å². The monoisotopic (exact) mass is 266 g/mol. The van der Waals surface area contributed by atoms with Crippen molar-refractivity contribution in [3.63, 3.8) is 0 Å². The van der Waals surface area contributed by atoms with Gasteiger partial charge >= 0.3 is 9.05 Å². The largest absolute Gasteiger partial charge is 0.667 e. The van der Waals surface area contributed by atoms with E-state index in [9.17, 15) is 0 Å². The molecule has 1 fully saturated rings. The van der Waals surface area contributed by atoms with Gasteiger partial charge in [-0.3, -0.25) is 0 Å². The Hall–Kier alpha value is 0.234. The summed E-state index contributed by atoms with van der Waals surface area (Å²) in [5.41, 5.74) is 0. The van der Waals surface area contributed by atoms with Crippen molar-refractivity contribution in [1.29, 1.82) is 0 Å². The van der Waals surface area contributed by atoms with Crippen molar-refractivity contribution in [2.75, 3.05) is 27.9 Å². The molecule has 0 N–H and O–H groups in total. The molecule has 1 rings (SSSR count). The summed E-state index contributed by atoms with van der Waals surface area (Å²) < 4.78 is 26.4. The van der Waals surface area contributed by atoms with E-state index in [1.165, 1.54) is 19.3 Å². The topological polar surface area (TPSA) is 49.5 Å². The fourth-order valence-corrected chi connectivity index (χ4v) is 5.56. The fourth-order valence-electron chi connectivity index (χ4n) is 1.51. The molecule has 1 aliphatic heterocycles. The Kier molecular flexibility index (Phi) is 6.74. The van der Waals surface area contributed by atoms with Crippen molar-refractivity contribution in [3.8, 4) is 0 Å². The SMILES string of the molecule is CO[Si](OC)(OC)O[SiH2]CCCCC1CO1. The van der Waals surface area contributed by atoms with Gasteiger partial charge < -0.3 is 22.1 Å². The molecule has 0 aliphatic carbocycles. The van der Waals surface area contributed by atoms with Gasteiger partial charge in [0.2, 0.25) is 0 Å². The van der Waals surface area contributed by atoms with E-state index in [1.807, 2.05) is 0 Å². The van der Waals surface area contributed by atoms with Gasteiger partial charge in [0.05, 0.1) is 12.7 Å². The lowest BCUT2D eigenvalue weighted by Crippen LogP contribution is -2.47. The van der Waals surface area contributed by atoms with E-state index in [2.05, 4.69) is 0 Å². The van der Waals surface area contributed by atoms with E-state index in [4.69, 9.17) is 22.1 Å². The van der Waals surface area contributed by atoms with Crippen molar-refractivity contribution in [3.05, 3.63) is 0 Å². The van der Waals surface area contributed by atoms with Gasteiger partial charge in [0.25, 0.3) is 0 Å². The average Bonchev–Trinajstić information content (AvgIpc) is 3.13. The third-order valence-corrected chi connectivity index (χ3v) is 7.12. The van der Waals surface area contributed by atoms with Crippen LogP contribution in [0.1, 0.15) is 19.3 Å². The zero-order chi connectivity index (χ0) is 11.9. The molecular weight excluding hydrogens is 244 g/mol. The molecule has 7 heteroatoms. The molecule has 0 radical (unpaired) electrons. The lowest BCUT2D eigenvalue weighted by Gasteiger charge is -2.23. The van der Waals surface area contributed by atoms with Crippen LogP contribution in [0.15, 0.2) is 0 Å². The Morgan fingerprint density at radius 3 is 2.31 bits per heavy atom. The van der Waals surface area contributed by atoms with Crippen LogP contribution in [0.2, 0.25) is 6.04 Å². The minimum absolute atomic E-state index is 0.549. The van der Waals surface area contributed by atoms with Crippen molar-refractivity contribution in [2.45, 2.75) is 31.4 Å². The standard InChI is InChI=1S/C9H22O5Si2/c1-10-16(11-2,12-3)14-15-7-5-4-6-9-8-13-9/h9H,4-8,15H2,1-3H3. The maximum absolute atomic E-state index is 5.68. The van der Waals surface area contributed by atoms with Gasteiger partial charge in [-0.15, -0.1) is 0 Å². The van der Waals surface area contributed by atoms with E-state index in [-0.39, 0.29) is 0 Å². The van der Waals surface area contributed by atoms with Gasteiger partial charge in [-0.2, -0.15) is 0 Å². The molecule has 1 unspecified atom stereocenters.